The summed E-state index contributed by atoms with van der Waals surface area (Å²) in [5, 5.41) is 7.59. The summed E-state index contributed by atoms with van der Waals surface area (Å²) in [6.45, 7) is 8.69. The molecule has 1 aliphatic heterocycles. The van der Waals surface area contributed by atoms with Gasteiger partial charge in [-0.1, -0.05) is 18.5 Å². The molecular weight excluding hydrogens is 240 g/mol. The van der Waals surface area contributed by atoms with Gasteiger partial charge in [-0.15, -0.1) is 0 Å². The number of nitrogens with one attached hydrogen (secondary N) is 1. The zero-order valence-corrected chi connectivity index (χ0v) is 11.9. The van der Waals surface area contributed by atoms with E-state index in [2.05, 4.69) is 34.2 Å². The van der Waals surface area contributed by atoms with Crippen molar-refractivity contribution in [3.63, 3.8) is 0 Å². The van der Waals surface area contributed by atoms with Crippen molar-refractivity contribution in [1.82, 2.24) is 20.4 Å². The van der Waals surface area contributed by atoms with E-state index < -0.39 is 0 Å². The van der Waals surface area contributed by atoms with E-state index in [0.717, 1.165) is 37.9 Å². The minimum Gasteiger partial charge on any atom is -0.339 e. The molecule has 0 bridgehead atoms. The van der Waals surface area contributed by atoms with Gasteiger partial charge in [0.25, 0.3) is 0 Å². The summed E-state index contributed by atoms with van der Waals surface area (Å²) in [4.78, 5) is 7.10. The molecule has 2 heterocycles. The SMILES string of the molecule is CC1CCCC1c1nc(C(C)N2CCNCC2)no1. The Kier molecular flexibility index (Phi) is 3.84. The first-order valence-corrected chi connectivity index (χ1v) is 7.54. The van der Waals surface area contributed by atoms with Crippen molar-refractivity contribution in [3.8, 4) is 0 Å². The Labute approximate surface area is 114 Å². The van der Waals surface area contributed by atoms with E-state index in [1.165, 1.54) is 19.3 Å². The molecule has 0 radical (unpaired) electrons. The Morgan fingerprint density at radius 2 is 2.11 bits per heavy atom. The lowest BCUT2D eigenvalue weighted by Crippen LogP contribution is -2.44. The third kappa shape index (κ3) is 2.67. The number of aromatic nitrogens is 2. The van der Waals surface area contributed by atoms with Crippen LogP contribution in [0.2, 0.25) is 0 Å². The fourth-order valence-electron chi connectivity index (χ4n) is 3.31. The Hall–Kier alpha value is -0.940. The molecule has 106 valence electrons. The molecule has 3 atom stereocenters. The van der Waals surface area contributed by atoms with E-state index in [4.69, 9.17) is 4.52 Å². The van der Waals surface area contributed by atoms with Gasteiger partial charge in [-0.25, -0.2) is 0 Å². The van der Waals surface area contributed by atoms with Crippen LogP contribution >= 0.6 is 0 Å². The summed E-state index contributed by atoms with van der Waals surface area (Å²) in [7, 11) is 0. The fraction of sp³-hybridized carbons (Fsp3) is 0.857. The third-order valence-corrected chi connectivity index (χ3v) is 4.71. The topological polar surface area (TPSA) is 54.2 Å². The maximum absolute atomic E-state index is 5.53. The van der Waals surface area contributed by atoms with Gasteiger partial charge in [-0.05, 0) is 25.7 Å². The van der Waals surface area contributed by atoms with Crippen molar-refractivity contribution < 1.29 is 4.52 Å². The van der Waals surface area contributed by atoms with Gasteiger partial charge in [0.15, 0.2) is 5.82 Å². The molecular formula is C14H24N4O. The predicted octanol–water partition coefficient (Wildman–Crippen LogP) is 1.94. The monoisotopic (exact) mass is 264 g/mol. The molecule has 1 saturated carbocycles. The average molecular weight is 264 g/mol. The Morgan fingerprint density at radius 1 is 1.32 bits per heavy atom. The van der Waals surface area contributed by atoms with Gasteiger partial charge in [-0.2, -0.15) is 4.98 Å². The molecule has 1 aromatic heterocycles. The Morgan fingerprint density at radius 3 is 2.79 bits per heavy atom. The van der Waals surface area contributed by atoms with Gasteiger partial charge < -0.3 is 9.84 Å². The minimum absolute atomic E-state index is 0.260. The quantitative estimate of drug-likeness (QED) is 0.904. The zero-order chi connectivity index (χ0) is 13.2. The highest BCUT2D eigenvalue weighted by Crippen LogP contribution is 2.38. The summed E-state index contributed by atoms with van der Waals surface area (Å²) < 4.78 is 5.53. The maximum atomic E-state index is 5.53. The molecule has 19 heavy (non-hydrogen) atoms. The van der Waals surface area contributed by atoms with Crippen LogP contribution in [0.25, 0.3) is 0 Å². The number of nitrogens with zero attached hydrogens (tertiary/aromatic N) is 3. The second kappa shape index (κ2) is 5.59. The van der Waals surface area contributed by atoms with Crippen LogP contribution in [0.4, 0.5) is 0 Å². The largest absolute Gasteiger partial charge is 0.339 e. The van der Waals surface area contributed by atoms with Crippen molar-refractivity contribution in [1.29, 1.82) is 0 Å². The zero-order valence-electron chi connectivity index (χ0n) is 11.9. The van der Waals surface area contributed by atoms with Crippen LogP contribution < -0.4 is 5.32 Å². The van der Waals surface area contributed by atoms with E-state index in [1.54, 1.807) is 0 Å². The molecule has 2 aliphatic rings. The highest BCUT2D eigenvalue weighted by atomic mass is 16.5. The normalized spacial score (nSPS) is 30.6. The molecule has 0 amide bonds. The second-order valence-electron chi connectivity index (χ2n) is 5.97. The van der Waals surface area contributed by atoms with Crippen molar-refractivity contribution >= 4 is 0 Å². The average Bonchev–Trinajstić information content (AvgIpc) is 3.07. The van der Waals surface area contributed by atoms with Crippen LogP contribution in [0.3, 0.4) is 0 Å². The molecule has 3 rings (SSSR count). The number of piperazine rings is 1. The van der Waals surface area contributed by atoms with E-state index in [1.807, 2.05) is 0 Å². The van der Waals surface area contributed by atoms with Crippen LogP contribution in [0, 0.1) is 5.92 Å². The summed E-state index contributed by atoms with van der Waals surface area (Å²) >= 11 is 0. The van der Waals surface area contributed by atoms with Gasteiger partial charge in [0, 0.05) is 32.1 Å². The van der Waals surface area contributed by atoms with Crippen molar-refractivity contribution in [3.05, 3.63) is 11.7 Å². The van der Waals surface area contributed by atoms with Gasteiger partial charge in [0.05, 0.1) is 6.04 Å². The van der Waals surface area contributed by atoms with Gasteiger partial charge in [-0.3, -0.25) is 4.90 Å². The summed E-state index contributed by atoms with van der Waals surface area (Å²) in [5.41, 5.74) is 0. The minimum atomic E-state index is 0.260. The van der Waals surface area contributed by atoms with Crippen molar-refractivity contribution in [2.24, 2.45) is 5.92 Å². The van der Waals surface area contributed by atoms with Crippen LogP contribution in [-0.4, -0.2) is 41.2 Å². The molecule has 2 fully saturated rings. The molecule has 5 nitrogen and oxygen atoms in total. The molecule has 5 heteroatoms. The molecule has 1 saturated heterocycles. The molecule has 0 spiro atoms. The van der Waals surface area contributed by atoms with Crippen molar-refractivity contribution in [2.45, 2.75) is 45.1 Å². The standard InChI is InChI=1S/C14H24N4O/c1-10-4-3-5-12(10)14-16-13(17-19-14)11(2)18-8-6-15-7-9-18/h10-12,15H,3-9H2,1-2H3. The summed E-state index contributed by atoms with van der Waals surface area (Å²) in [6, 6.07) is 0.260. The summed E-state index contributed by atoms with van der Waals surface area (Å²) in [6.07, 6.45) is 3.78. The molecule has 1 aliphatic carbocycles. The van der Waals surface area contributed by atoms with E-state index >= 15 is 0 Å². The summed E-state index contributed by atoms with van der Waals surface area (Å²) in [5.74, 6) is 2.89. The molecule has 3 unspecified atom stereocenters. The Balaban J connectivity index is 1.69. The lowest BCUT2D eigenvalue weighted by molar-refractivity contribution is 0.176. The van der Waals surface area contributed by atoms with Gasteiger partial charge >= 0.3 is 0 Å². The molecule has 1 aromatic rings. The first-order valence-electron chi connectivity index (χ1n) is 7.54. The first-order chi connectivity index (χ1) is 9.25. The van der Waals surface area contributed by atoms with E-state index in [0.29, 0.717) is 11.8 Å². The maximum Gasteiger partial charge on any atom is 0.230 e. The van der Waals surface area contributed by atoms with Crippen molar-refractivity contribution in [2.75, 3.05) is 26.2 Å². The highest BCUT2D eigenvalue weighted by molar-refractivity contribution is 5.01. The van der Waals surface area contributed by atoms with Crippen LogP contribution in [0.1, 0.15) is 56.8 Å². The van der Waals surface area contributed by atoms with Gasteiger partial charge in [0.2, 0.25) is 5.89 Å². The number of hydrogen-bond donors (Lipinski definition) is 1. The predicted molar refractivity (Wildman–Crippen MR) is 72.9 cm³/mol. The lowest BCUT2D eigenvalue weighted by atomic mass is 9.98. The second-order valence-corrected chi connectivity index (χ2v) is 5.97. The van der Waals surface area contributed by atoms with Gasteiger partial charge in [0.1, 0.15) is 0 Å². The van der Waals surface area contributed by atoms with E-state index in [-0.39, 0.29) is 6.04 Å². The fourth-order valence-corrected chi connectivity index (χ4v) is 3.31. The molecule has 1 N–H and O–H groups in total. The number of rotatable bonds is 3. The first kappa shape index (κ1) is 13.1. The number of hydrogen-bond acceptors (Lipinski definition) is 5. The van der Waals surface area contributed by atoms with E-state index in [9.17, 15) is 0 Å². The highest BCUT2D eigenvalue weighted by Gasteiger charge is 2.31. The molecule has 0 aromatic carbocycles. The lowest BCUT2D eigenvalue weighted by Gasteiger charge is -2.30. The smallest absolute Gasteiger partial charge is 0.230 e. The third-order valence-electron chi connectivity index (χ3n) is 4.71. The van der Waals surface area contributed by atoms with Crippen LogP contribution in [-0.2, 0) is 0 Å². The van der Waals surface area contributed by atoms with Crippen LogP contribution in [0.15, 0.2) is 4.52 Å². The Bertz CT molecular complexity index is 413. The van der Waals surface area contributed by atoms with Crippen LogP contribution in [0.5, 0.6) is 0 Å².